The maximum absolute atomic E-state index is 14.2. The second-order valence-corrected chi connectivity index (χ2v) is 11.6. The number of likely N-dealkylation sites (tertiary alicyclic amines) is 1. The molecule has 1 aliphatic carbocycles. The Bertz CT molecular complexity index is 1250. The summed E-state index contributed by atoms with van der Waals surface area (Å²) in [6.45, 7) is 6.76. The highest BCUT2D eigenvalue weighted by Crippen LogP contribution is 2.45. The van der Waals surface area contributed by atoms with E-state index in [0.717, 1.165) is 41.8 Å². The van der Waals surface area contributed by atoms with Crippen LogP contribution in [0.4, 0.5) is 28.9 Å². The van der Waals surface area contributed by atoms with Gasteiger partial charge in [0.25, 0.3) is 0 Å². The van der Waals surface area contributed by atoms with E-state index in [-0.39, 0.29) is 30.6 Å². The zero-order valence-electron chi connectivity index (χ0n) is 22.6. The number of nitrogens with zero attached hydrogens (tertiary/aromatic N) is 2. The number of hydrogen-bond donors (Lipinski definition) is 1. The largest absolute Gasteiger partial charge is 0.416 e. The number of hydrogen-bond acceptors (Lipinski definition) is 3. The van der Waals surface area contributed by atoms with Crippen LogP contribution in [0.5, 0.6) is 0 Å². The highest BCUT2D eigenvalue weighted by Gasteiger charge is 2.56. The number of aryl methyl sites for hydroxylation is 2. The Balaban J connectivity index is 1.51. The number of rotatable bonds is 6. The van der Waals surface area contributed by atoms with Crippen LogP contribution in [0.3, 0.4) is 0 Å². The van der Waals surface area contributed by atoms with Crippen molar-refractivity contribution in [3.8, 4) is 0 Å². The number of nitrogens with one attached hydrogen (secondary N) is 1. The van der Waals surface area contributed by atoms with E-state index in [4.69, 9.17) is 0 Å². The van der Waals surface area contributed by atoms with Crippen LogP contribution < -0.4 is 10.2 Å². The van der Waals surface area contributed by atoms with Crippen molar-refractivity contribution in [1.29, 1.82) is 0 Å². The van der Waals surface area contributed by atoms with Gasteiger partial charge in [0.2, 0.25) is 11.8 Å². The average molecular weight is 546 g/mol. The lowest BCUT2D eigenvalue weighted by Crippen LogP contribution is -2.52. The number of piperidine rings is 1. The number of carbonyl (C=O) groups is 2. The second-order valence-electron chi connectivity index (χ2n) is 11.6. The van der Waals surface area contributed by atoms with Crippen LogP contribution in [-0.4, -0.2) is 49.1 Å². The summed E-state index contributed by atoms with van der Waals surface area (Å²) in [7, 11) is 0. The minimum Gasteiger partial charge on any atom is -0.325 e. The normalized spacial score (nSPS) is 24.8. The van der Waals surface area contributed by atoms with E-state index >= 15 is 0 Å². The van der Waals surface area contributed by atoms with Gasteiger partial charge in [-0.05, 0) is 80.3 Å². The molecule has 210 valence electrons. The molecule has 2 atom stereocenters. The van der Waals surface area contributed by atoms with Crippen LogP contribution >= 0.6 is 0 Å². The number of halogens is 4. The van der Waals surface area contributed by atoms with E-state index in [9.17, 15) is 27.2 Å². The lowest BCUT2D eigenvalue weighted by atomic mass is 9.76. The van der Waals surface area contributed by atoms with Crippen molar-refractivity contribution in [2.75, 3.05) is 36.4 Å². The van der Waals surface area contributed by atoms with Gasteiger partial charge in [0.05, 0.1) is 16.9 Å². The fourth-order valence-corrected chi connectivity index (χ4v) is 6.17. The summed E-state index contributed by atoms with van der Waals surface area (Å²) in [5, 5.41) is 2.79. The van der Waals surface area contributed by atoms with Crippen LogP contribution in [0.25, 0.3) is 0 Å². The molecule has 1 unspecified atom stereocenters. The predicted octanol–water partition coefficient (Wildman–Crippen LogP) is 6.24. The summed E-state index contributed by atoms with van der Waals surface area (Å²) in [5.74, 6) is -1.36. The highest BCUT2D eigenvalue weighted by atomic mass is 19.4. The zero-order valence-corrected chi connectivity index (χ0v) is 22.6. The van der Waals surface area contributed by atoms with Crippen LogP contribution in [0.1, 0.15) is 60.8 Å². The maximum atomic E-state index is 14.2. The predicted molar refractivity (Wildman–Crippen MR) is 142 cm³/mol. The first-order valence-electron chi connectivity index (χ1n) is 13.7. The van der Waals surface area contributed by atoms with Crippen molar-refractivity contribution >= 4 is 23.2 Å². The summed E-state index contributed by atoms with van der Waals surface area (Å²) in [6.07, 6.45) is -3.11. The Hall–Kier alpha value is -2.94. The van der Waals surface area contributed by atoms with E-state index in [0.29, 0.717) is 31.5 Å². The minimum absolute atomic E-state index is 0.0606. The van der Waals surface area contributed by atoms with Gasteiger partial charge in [0.1, 0.15) is 6.17 Å². The Morgan fingerprint density at radius 2 is 1.69 bits per heavy atom. The van der Waals surface area contributed by atoms with Crippen LogP contribution in [0.15, 0.2) is 36.4 Å². The summed E-state index contributed by atoms with van der Waals surface area (Å²) in [6, 6.07) is 9.48. The van der Waals surface area contributed by atoms with Crippen LogP contribution in [0, 0.1) is 25.2 Å². The molecular weight excluding hydrogens is 510 g/mol. The molecule has 5 rings (SSSR count). The lowest BCUT2D eigenvalue weighted by molar-refractivity contribution is -0.137. The molecule has 0 spiro atoms. The number of carbonyl (C=O) groups excluding carboxylic acids is 2. The van der Waals surface area contributed by atoms with Gasteiger partial charge < -0.3 is 15.1 Å². The molecule has 2 saturated heterocycles. The Kier molecular flexibility index (Phi) is 7.24. The molecule has 1 saturated carbocycles. The molecule has 2 aliphatic heterocycles. The van der Waals surface area contributed by atoms with Crippen molar-refractivity contribution in [3.63, 3.8) is 0 Å². The molecule has 9 heteroatoms. The van der Waals surface area contributed by atoms with Crippen molar-refractivity contribution in [2.24, 2.45) is 11.3 Å². The van der Waals surface area contributed by atoms with Crippen LogP contribution in [-0.2, 0) is 15.8 Å². The van der Waals surface area contributed by atoms with Crippen molar-refractivity contribution in [2.45, 2.75) is 64.7 Å². The third-order valence-electron chi connectivity index (χ3n) is 8.68. The SMILES string of the molecule is Cc1cccc(C)c1N1C[C@@](CN2CCC(F)CC2)(C(=O)Nc2cc(C3CC3)cc(C(F)(F)F)c2)C(C)C1=O. The fraction of sp³-hybridized carbons (Fsp3) is 0.533. The molecule has 2 aromatic carbocycles. The van der Waals surface area contributed by atoms with Crippen molar-refractivity contribution < 1.29 is 27.2 Å². The minimum atomic E-state index is -4.55. The van der Waals surface area contributed by atoms with Gasteiger partial charge >= 0.3 is 6.18 Å². The number of alkyl halides is 4. The lowest BCUT2D eigenvalue weighted by Gasteiger charge is -2.38. The topological polar surface area (TPSA) is 52.6 Å². The third-order valence-corrected chi connectivity index (χ3v) is 8.68. The van der Waals surface area contributed by atoms with Crippen molar-refractivity contribution in [1.82, 2.24) is 4.90 Å². The maximum Gasteiger partial charge on any atom is 0.416 e. The van der Waals surface area contributed by atoms with Gasteiger partial charge in [-0.3, -0.25) is 9.59 Å². The average Bonchev–Trinajstić information content (AvgIpc) is 3.69. The molecule has 3 aliphatic rings. The first-order valence-corrected chi connectivity index (χ1v) is 13.7. The first kappa shape index (κ1) is 27.6. The van der Waals surface area contributed by atoms with Gasteiger partial charge in [-0.15, -0.1) is 0 Å². The Labute approximate surface area is 226 Å². The number of amides is 2. The first-order chi connectivity index (χ1) is 18.4. The monoisotopic (exact) mass is 545 g/mol. The van der Waals surface area contributed by atoms with Gasteiger partial charge in [-0.1, -0.05) is 25.1 Å². The molecule has 2 heterocycles. The van der Waals surface area contributed by atoms with E-state index in [1.165, 1.54) is 0 Å². The highest BCUT2D eigenvalue weighted by molar-refractivity contribution is 6.08. The molecule has 5 nitrogen and oxygen atoms in total. The third kappa shape index (κ3) is 5.42. The van der Waals surface area contributed by atoms with Gasteiger partial charge in [-0.2, -0.15) is 13.2 Å². The number of anilines is 2. The number of para-hydroxylation sites is 1. The smallest absolute Gasteiger partial charge is 0.325 e. The van der Waals surface area contributed by atoms with E-state index in [1.807, 2.05) is 36.9 Å². The Morgan fingerprint density at radius 3 is 2.28 bits per heavy atom. The standard InChI is InChI=1S/C30H35F4N3O2/c1-18-5-4-6-19(2)26(18)37-17-29(20(3)27(37)38,16-36-11-9-24(31)10-12-36)28(39)35-25-14-22(21-7-8-21)13-23(15-25)30(32,33)34/h4-6,13-15,20-21,24H,7-12,16-17H2,1-3H3,(H,35,39)/t20?,29-/m1/s1. The van der Waals surface area contributed by atoms with E-state index in [1.54, 1.807) is 17.9 Å². The zero-order chi connectivity index (χ0) is 28.1. The summed E-state index contributed by atoms with van der Waals surface area (Å²) in [4.78, 5) is 31.6. The molecule has 2 amide bonds. The van der Waals surface area contributed by atoms with Crippen LogP contribution in [0.2, 0.25) is 0 Å². The molecule has 39 heavy (non-hydrogen) atoms. The molecule has 0 bridgehead atoms. The molecule has 1 N–H and O–H groups in total. The summed E-state index contributed by atoms with van der Waals surface area (Å²) in [5.41, 5.74) is 1.17. The van der Waals surface area contributed by atoms with E-state index < -0.39 is 35.2 Å². The van der Waals surface area contributed by atoms with Crippen molar-refractivity contribution in [3.05, 3.63) is 58.7 Å². The van der Waals surface area contributed by atoms with Gasteiger partial charge in [0, 0.05) is 37.6 Å². The number of benzene rings is 2. The molecule has 2 aromatic rings. The molecule has 0 aromatic heterocycles. The quantitative estimate of drug-likeness (QED) is 0.437. The summed E-state index contributed by atoms with van der Waals surface area (Å²) >= 11 is 0. The second kappa shape index (κ2) is 10.2. The molecule has 0 radical (unpaired) electrons. The van der Waals surface area contributed by atoms with E-state index in [2.05, 4.69) is 5.32 Å². The summed E-state index contributed by atoms with van der Waals surface area (Å²) < 4.78 is 55.0. The van der Waals surface area contributed by atoms with Gasteiger partial charge in [-0.25, -0.2) is 4.39 Å². The Morgan fingerprint density at radius 1 is 1.05 bits per heavy atom. The molecule has 3 fully saturated rings. The fourth-order valence-electron chi connectivity index (χ4n) is 6.17. The molecular formula is C30H35F4N3O2. The van der Waals surface area contributed by atoms with Gasteiger partial charge in [0.15, 0.2) is 0 Å².